The maximum absolute atomic E-state index is 9.87. The van der Waals surface area contributed by atoms with Crippen LogP contribution in [0.5, 0.6) is 0 Å². The lowest BCUT2D eigenvalue weighted by Crippen LogP contribution is -2.44. The van der Waals surface area contributed by atoms with Gasteiger partial charge in [0, 0.05) is 0 Å². The Balaban J connectivity index is 1.99. The fraction of sp³-hybridized carbons (Fsp3) is 1.00. The minimum absolute atomic E-state index is 0.0731. The third kappa shape index (κ3) is 1.72. The lowest BCUT2D eigenvalue weighted by atomic mass is 9.74. The van der Waals surface area contributed by atoms with E-state index >= 15 is 0 Å². The van der Waals surface area contributed by atoms with E-state index in [9.17, 15) is 5.11 Å². The van der Waals surface area contributed by atoms with Crippen LogP contribution in [0.4, 0.5) is 0 Å². The Hall–Kier alpha value is 0.210. The van der Waals surface area contributed by atoms with Gasteiger partial charge in [-0.2, -0.15) is 0 Å². The first kappa shape index (κ1) is 9.75. The largest absolute Gasteiger partial charge is 0.389 e. The van der Waals surface area contributed by atoms with Gasteiger partial charge >= 0.3 is 0 Å². The standard InChI is InChI=1S/C10H17ClO2/c1-9(12)4-3-7(5-8(9)11)10(2)6-13-10/h7-8,12H,3-6H2,1-2H3/t7-,8+,9+,10?/m1/s1. The fourth-order valence-electron chi connectivity index (χ4n) is 2.15. The fourth-order valence-corrected chi connectivity index (χ4v) is 2.47. The lowest BCUT2D eigenvalue weighted by molar-refractivity contribution is 0.000848. The van der Waals surface area contributed by atoms with Crippen LogP contribution in [0.15, 0.2) is 0 Å². The summed E-state index contributed by atoms with van der Waals surface area (Å²) in [6.07, 6.45) is 2.71. The molecule has 1 saturated heterocycles. The Bertz CT molecular complexity index is 211. The maximum Gasteiger partial charge on any atom is 0.0917 e. The molecule has 3 heteroatoms. The van der Waals surface area contributed by atoms with Crippen LogP contribution in [0.3, 0.4) is 0 Å². The van der Waals surface area contributed by atoms with E-state index in [4.69, 9.17) is 16.3 Å². The molecule has 0 aromatic rings. The van der Waals surface area contributed by atoms with Gasteiger partial charge in [0.05, 0.1) is 23.2 Å². The van der Waals surface area contributed by atoms with Gasteiger partial charge in [-0.1, -0.05) is 0 Å². The lowest BCUT2D eigenvalue weighted by Gasteiger charge is -2.38. The first-order valence-corrected chi connectivity index (χ1v) is 5.38. The van der Waals surface area contributed by atoms with E-state index in [0.717, 1.165) is 25.9 Å². The van der Waals surface area contributed by atoms with Crippen LogP contribution in [0.25, 0.3) is 0 Å². The second-order valence-electron chi connectivity index (χ2n) is 4.90. The summed E-state index contributed by atoms with van der Waals surface area (Å²) in [4.78, 5) is 0. The molecule has 0 aromatic heterocycles. The SMILES string of the molecule is CC1([C@@H]2CC[C@](C)(O)[C@@H](Cl)C2)CO1. The van der Waals surface area contributed by atoms with Crippen molar-refractivity contribution in [2.75, 3.05) is 6.61 Å². The Morgan fingerprint density at radius 1 is 1.46 bits per heavy atom. The zero-order valence-corrected chi connectivity index (χ0v) is 8.97. The molecule has 1 unspecified atom stereocenters. The van der Waals surface area contributed by atoms with Crippen LogP contribution in [0, 0.1) is 5.92 Å². The molecule has 0 amide bonds. The second kappa shape index (κ2) is 2.85. The number of halogens is 1. The molecule has 1 heterocycles. The third-order valence-corrected chi connectivity index (χ3v) is 4.28. The molecule has 0 bridgehead atoms. The summed E-state index contributed by atoms with van der Waals surface area (Å²) < 4.78 is 5.41. The second-order valence-corrected chi connectivity index (χ2v) is 5.42. The van der Waals surface area contributed by atoms with Crippen LogP contribution in [0.1, 0.15) is 33.1 Å². The van der Waals surface area contributed by atoms with Crippen LogP contribution in [-0.2, 0) is 4.74 Å². The molecule has 4 atom stereocenters. The minimum atomic E-state index is -0.677. The van der Waals surface area contributed by atoms with Crippen molar-refractivity contribution in [2.45, 2.75) is 49.7 Å². The van der Waals surface area contributed by atoms with Gasteiger partial charge in [0.2, 0.25) is 0 Å². The van der Waals surface area contributed by atoms with Crippen molar-refractivity contribution in [1.29, 1.82) is 0 Å². The molecule has 2 fully saturated rings. The highest BCUT2D eigenvalue weighted by Gasteiger charge is 2.51. The van der Waals surface area contributed by atoms with Crippen molar-refractivity contribution in [3.8, 4) is 0 Å². The normalized spacial score (nSPS) is 56.3. The Morgan fingerprint density at radius 3 is 2.54 bits per heavy atom. The molecule has 2 nitrogen and oxygen atoms in total. The molecule has 76 valence electrons. The van der Waals surface area contributed by atoms with Crippen molar-refractivity contribution in [3.05, 3.63) is 0 Å². The van der Waals surface area contributed by atoms with Gasteiger partial charge in [0.25, 0.3) is 0 Å². The van der Waals surface area contributed by atoms with E-state index in [2.05, 4.69) is 6.92 Å². The molecule has 0 aromatic carbocycles. The van der Waals surface area contributed by atoms with Crippen molar-refractivity contribution >= 4 is 11.6 Å². The summed E-state index contributed by atoms with van der Waals surface area (Å²) in [6, 6.07) is 0. The predicted molar refractivity (Wildman–Crippen MR) is 52.0 cm³/mol. The number of hydrogen-bond donors (Lipinski definition) is 1. The molecule has 1 N–H and O–H groups in total. The van der Waals surface area contributed by atoms with Gasteiger partial charge in [-0.25, -0.2) is 0 Å². The van der Waals surface area contributed by atoms with Gasteiger partial charge in [0.1, 0.15) is 0 Å². The molecule has 1 aliphatic carbocycles. The summed E-state index contributed by atoms with van der Waals surface area (Å²) in [5.41, 5.74) is -0.604. The molecule has 1 saturated carbocycles. The average Bonchev–Trinajstić information content (AvgIpc) is 2.75. The quantitative estimate of drug-likeness (QED) is 0.523. The third-order valence-electron chi connectivity index (χ3n) is 3.63. The number of aliphatic hydroxyl groups is 1. The predicted octanol–water partition coefficient (Wildman–Crippen LogP) is 1.93. The smallest absolute Gasteiger partial charge is 0.0917 e. The zero-order valence-electron chi connectivity index (χ0n) is 8.22. The van der Waals surface area contributed by atoms with E-state index in [-0.39, 0.29) is 11.0 Å². The van der Waals surface area contributed by atoms with Crippen LogP contribution < -0.4 is 0 Å². The van der Waals surface area contributed by atoms with E-state index in [0.29, 0.717) is 5.92 Å². The summed E-state index contributed by atoms with van der Waals surface area (Å²) in [6.45, 7) is 4.84. The van der Waals surface area contributed by atoms with Gasteiger partial charge in [-0.15, -0.1) is 11.6 Å². The summed E-state index contributed by atoms with van der Waals surface area (Å²) in [5, 5.41) is 9.76. The average molecular weight is 205 g/mol. The van der Waals surface area contributed by atoms with Crippen LogP contribution in [0.2, 0.25) is 0 Å². The molecule has 13 heavy (non-hydrogen) atoms. The van der Waals surface area contributed by atoms with Gasteiger partial charge in [-0.05, 0) is 39.0 Å². The maximum atomic E-state index is 9.87. The molecular formula is C10H17ClO2. The van der Waals surface area contributed by atoms with Crippen LogP contribution >= 0.6 is 11.6 Å². The first-order valence-electron chi connectivity index (χ1n) is 4.94. The molecule has 1 aliphatic heterocycles. The molecular weight excluding hydrogens is 188 g/mol. The topological polar surface area (TPSA) is 32.8 Å². The zero-order chi connectivity index (χ0) is 9.69. The summed E-state index contributed by atoms with van der Waals surface area (Å²) in [7, 11) is 0. The van der Waals surface area contributed by atoms with Crippen molar-refractivity contribution in [1.82, 2.24) is 0 Å². The highest BCUT2D eigenvalue weighted by molar-refractivity contribution is 6.21. The van der Waals surface area contributed by atoms with Crippen molar-refractivity contribution in [3.63, 3.8) is 0 Å². The molecule has 0 radical (unpaired) electrons. The molecule has 2 rings (SSSR count). The van der Waals surface area contributed by atoms with Crippen molar-refractivity contribution < 1.29 is 9.84 Å². The van der Waals surface area contributed by atoms with E-state index in [1.54, 1.807) is 0 Å². The molecule has 0 spiro atoms. The number of rotatable bonds is 1. The first-order chi connectivity index (χ1) is 5.94. The Morgan fingerprint density at radius 2 is 2.08 bits per heavy atom. The van der Waals surface area contributed by atoms with Gasteiger partial charge in [0.15, 0.2) is 0 Å². The monoisotopic (exact) mass is 204 g/mol. The number of epoxide rings is 1. The van der Waals surface area contributed by atoms with E-state index < -0.39 is 5.60 Å². The number of hydrogen-bond acceptors (Lipinski definition) is 2. The van der Waals surface area contributed by atoms with Crippen molar-refractivity contribution in [2.24, 2.45) is 5.92 Å². The van der Waals surface area contributed by atoms with E-state index in [1.165, 1.54) is 0 Å². The minimum Gasteiger partial charge on any atom is -0.389 e. The molecule has 2 aliphatic rings. The van der Waals surface area contributed by atoms with Gasteiger partial charge < -0.3 is 9.84 Å². The number of alkyl halides is 1. The van der Waals surface area contributed by atoms with Crippen LogP contribution in [-0.4, -0.2) is 28.3 Å². The van der Waals surface area contributed by atoms with E-state index in [1.807, 2.05) is 6.92 Å². The summed E-state index contributed by atoms with van der Waals surface area (Å²) in [5.74, 6) is 0.537. The van der Waals surface area contributed by atoms with Gasteiger partial charge in [-0.3, -0.25) is 0 Å². The Kier molecular flexibility index (Phi) is 2.14. The summed E-state index contributed by atoms with van der Waals surface area (Å²) >= 11 is 6.13. The highest BCUT2D eigenvalue weighted by atomic mass is 35.5. The number of ether oxygens (including phenoxy) is 1. The highest BCUT2D eigenvalue weighted by Crippen LogP contribution is 2.46. The Labute approximate surface area is 84.2 Å².